The molecule has 0 aliphatic heterocycles. The van der Waals surface area contributed by atoms with Crippen molar-refractivity contribution in [1.82, 2.24) is 0 Å². The van der Waals surface area contributed by atoms with Gasteiger partial charge in [0.15, 0.2) is 0 Å². The third kappa shape index (κ3) is 8.12. The number of benzene rings is 2. The predicted octanol–water partition coefficient (Wildman–Crippen LogP) is 5.45. The molecule has 0 amide bonds. The highest BCUT2D eigenvalue weighted by molar-refractivity contribution is 5.69. The van der Waals surface area contributed by atoms with Crippen molar-refractivity contribution < 1.29 is 28.5 Å². The van der Waals surface area contributed by atoms with Crippen LogP contribution in [0.1, 0.15) is 65.5 Å². The number of hydrogen-bond acceptors (Lipinski definition) is 6. The van der Waals surface area contributed by atoms with Crippen molar-refractivity contribution in [2.75, 3.05) is 13.2 Å². The fraction of sp³-hybridized carbons (Fsp3) is 0.481. The second-order valence-electron chi connectivity index (χ2n) is 8.60. The molecule has 0 radical (unpaired) electrons. The molecule has 0 aliphatic rings. The van der Waals surface area contributed by atoms with Crippen LogP contribution in [0.4, 0.5) is 0 Å². The van der Waals surface area contributed by atoms with Gasteiger partial charge in [0.1, 0.15) is 36.9 Å². The first-order valence-electron chi connectivity index (χ1n) is 11.5. The summed E-state index contributed by atoms with van der Waals surface area (Å²) >= 11 is 0. The van der Waals surface area contributed by atoms with Crippen molar-refractivity contribution in [3.63, 3.8) is 0 Å². The lowest BCUT2D eigenvalue weighted by atomic mass is 9.78. The molecule has 0 saturated heterocycles. The molecule has 0 heterocycles. The fourth-order valence-electron chi connectivity index (χ4n) is 3.21. The third-order valence-electron chi connectivity index (χ3n) is 5.36. The maximum Gasteiger partial charge on any atom is 0.305 e. The largest absolute Gasteiger partial charge is 0.490 e. The van der Waals surface area contributed by atoms with E-state index in [0.717, 1.165) is 22.6 Å². The molecule has 0 saturated carbocycles. The maximum atomic E-state index is 11.4. The second kappa shape index (κ2) is 12.3. The van der Waals surface area contributed by atoms with Crippen molar-refractivity contribution in [3.05, 3.63) is 59.7 Å². The van der Waals surface area contributed by atoms with Crippen molar-refractivity contribution >= 4 is 11.9 Å². The summed E-state index contributed by atoms with van der Waals surface area (Å²) < 4.78 is 22.0. The zero-order chi connectivity index (χ0) is 24.4. The Hall–Kier alpha value is -3.02. The molecule has 0 aromatic heterocycles. The van der Waals surface area contributed by atoms with E-state index in [2.05, 4.69) is 13.8 Å². The van der Waals surface area contributed by atoms with E-state index in [-0.39, 0.29) is 29.6 Å². The minimum Gasteiger partial charge on any atom is -0.490 e. The Kier molecular flexibility index (Phi) is 9.76. The van der Waals surface area contributed by atoms with Crippen LogP contribution in [0.25, 0.3) is 0 Å². The van der Waals surface area contributed by atoms with Gasteiger partial charge in [0.05, 0.1) is 0 Å². The average molecular weight is 457 g/mol. The summed E-state index contributed by atoms with van der Waals surface area (Å²) in [7, 11) is 0. The molecular weight excluding hydrogens is 420 g/mol. The van der Waals surface area contributed by atoms with Gasteiger partial charge in [-0.15, -0.1) is 0 Å². The molecule has 2 rings (SSSR count). The van der Waals surface area contributed by atoms with Crippen molar-refractivity contribution in [1.29, 1.82) is 0 Å². The molecule has 6 nitrogen and oxygen atoms in total. The first-order valence-corrected chi connectivity index (χ1v) is 11.5. The topological polar surface area (TPSA) is 71.1 Å². The van der Waals surface area contributed by atoms with Gasteiger partial charge < -0.3 is 18.9 Å². The van der Waals surface area contributed by atoms with Crippen LogP contribution < -0.4 is 9.47 Å². The van der Waals surface area contributed by atoms with Crippen LogP contribution in [0, 0.1) is 0 Å². The van der Waals surface area contributed by atoms with Gasteiger partial charge in [-0.05, 0) is 49.2 Å². The summed E-state index contributed by atoms with van der Waals surface area (Å²) in [6, 6.07) is 15.9. The summed E-state index contributed by atoms with van der Waals surface area (Å²) in [4.78, 5) is 22.7. The molecule has 0 fully saturated rings. The molecular formula is C27H36O6. The SMILES string of the molecule is CCC(=O)OC(C)COc1ccc(C(C)(C)c2ccc(OCC(C)OC(=O)CC)cc2)cc1. The number of rotatable bonds is 12. The van der Waals surface area contributed by atoms with Gasteiger partial charge in [-0.2, -0.15) is 0 Å². The Bertz CT molecular complexity index is 812. The minimum atomic E-state index is -0.295. The Morgan fingerprint density at radius 1 is 0.697 bits per heavy atom. The zero-order valence-electron chi connectivity index (χ0n) is 20.6. The van der Waals surface area contributed by atoms with E-state index in [1.165, 1.54) is 0 Å². The quantitative estimate of drug-likeness (QED) is 0.395. The molecule has 2 aromatic carbocycles. The summed E-state index contributed by atoms with van der Waals surface area (Å²) in [6.45, 7) is 12.1. The van der Waals surface area contributed by atoms with Crippen LogP contribution >= 0.6 is 0 Å². The van der Waals surface area contributed by atoms with Crippen LogP contribution in [0.5, 0.6) is 11.5 Å². The first kappa shape index (κ1) is 26.2. The van der Waals surface area contributed by atoms with Gasteiger partial charge in [0.2, 0.25) is 0 Å². The highest BCUT2D eigenvalue weighted by atomic mass is 16.6. The average Bonchev–Trinajstić information content (AvgIpc) is 2.81. The Balaban J connectivity index is 1.94. The van der Waals surface area contributed by atoms with E-state index in [9.17, 15) is 9.59 Å². The normalized spacial score (nSPS) is 13.0. The monoisotopic (exact) mass is 456 g/mol. The second-order valence-corrected chi connectivity index (χ2v) is 8.60. The van der Waals surface area contributed by atoms with Crippen molar-refractivity contribution in [2.24, 2.45) is 0 Å². The Morgan fingerprint density at radius 3 is 1.33 bits per heavy atom. The molecule has 180 valence electrons. The molecule has 33 heavy (non-hydrogen) atoms. The van der Waals surface area contributed by atoms with E-state index >= 15 is 0 Å². The van der Waals surface area contributed by atoms with Gasteiger partial charge in [0, 0.05) is 18.3 Å². The molecule has 6 heteroatoms. The lowest BCUT2D eigenvalue weighted by molar-refractivity contribution is -0.150. The van der Waals surface area contributed by atoms with Crippen LogP contribution in [-0.2, 0) is 24.5 Å². The highest BCUT2D eigenvalue weighted by Gasteiger charge is 2.23. The van der Waals surface area contributed by atoms with Gasteiger partial charge in [-0.3, -0.25) is 9.59 Å². The smallest absolute Gasteiger partial charge is 0.305 e. The number of esters is 2. The van der Waals surface area contributed by atoms with Crippen LogP contribution in [0.15, 0.2) is 48.5 Å². The lowest BCUT2D eigenvalue weighted by Gasteiger charge is -2.26. The van der Waals surface area contributed by atoms with E-state index in [4.69, 9.17) is 18.9 Å². The molecule has 2 atom stereocenters. The molecule has 0 aliphatic carbocycles. The minimum absolute atomic E-state index is 0.217. The Morgan fingerprint density at radius 2 is 1.03 bits per heavy atom. The molecule has 2 aromatic rings. The molecule has 0 spiro atoms. The molecule has 0 N–H and O–H groups in total. The van der Waals surface area contributed by atoms with Crippen molar-refractivity contribution in [2.45, 2.75) is 72.0 Å². The third-order valence-corrected chi connectivity index (χ3v) is 5.36. The summed E-state index contributed by atoms with van der Waals surface area (Å²) in [5.41, 5.74) is 2.08. The molecule has 0 bridgehead atoms. The number of carbonyl (C=O) groups excluding carboxylic acids is 2. The van der Waals surface area contributed by atoms with Gasteiger partial charge in [-0.25, -0.2) is 0 Å². The Labute approximate surface area is 197 Å². The van der Waals surface area contributed by atoms with Gasteiger partial charge >= 0.3 is 11.9 Å². The summed E-state index contributed by atoms with van der Waals surface area (Å²) in [6.07, 6.45) is 0.121. The van der Waals surface area contributed by atoms with Gasteiger partial charge in [-0.1, -0.05) is 52.0 Å². The first-order chi connectivity index (χ1) is 15.6. The van der Waals surface area contributed by atoms with Crippen LogP contribution in [0.2, 0.25) is 0 Å². The van der Waals surface area contributed by atoms with Crippen LogP contribution in [0.3, 0.4) is 0 Å². The van der Waals surface area contributed by atoms with Gasteiger partial charge in [0.25, 0.3) is 0 Å². The standard InChI is InChI=1S/C27H36O6/c1-7-25(28)32-19(3)17-30-23-13-9-21(10-14-23)27(5,6)22-11-15-24(16-12-22)31-18-20(4)33-26(29)8-2/h9-16,19-20H,7-8,17-18H2,1-6H3. The maximum absolute atomic E-state index is 11.4. The summed E-state index contributed by atoms with van der Waals surface area (Å²) in [5.74, 6) is 1.01. The predicted molar refractivity (Wildman–Crippen MR) is 128 cm³/mol. The summed E-state index contributed by atoms with van der Waals surface area (Å²) in [5, 5.41) is 0. The number of ether oxygens (including phenoxy) is 4. The fourth-order valence-corrected chi connectivity index (χ4v) is 3.21. The van der Waals surface area contributed by atoms with Crippen molar-refractivity contribution in [3.8, 4) is 11.5 Å². The lowest BCUT2D eigenvalue weighted by Crippen LogP contribution is -2.22. The number of hydrogen-bond donors (Lipinski definition) is 0. The van der Waals surface area contributed by atoms with Crippen LogP contribution in [-0.4, -0.2) is 37.4 Å². The van der Waals surface area contributed by atoms with E-state index in [1.54, 1.807) is 13.8 Å². The highest BCUT2D eigenvalue weighted by Crippen LogP contribution is 2.33. The van der Waals surface area contributed by atoms with E-state index in [1.807, 2.05) is 62.4 Å². The zero-order valence-corrected chi connectivity index (χ0v) is 20.6. The van der Waals surface area contributed by atoms with E-state index in [0.29, 0.717) is 26.1 Å². The molecule has 2 unspecified atom stereocenters. The van der Waals surface area contributed by atoms with E-state index < -0.39 is 0 Å². The number of carbonyl (C=O) groups is 2.